The fraction of sp³-hybridized carbons (Fsp3) is 0.167. The predicted octanol–water partition coefficient (Wildman–Crippen LogP) is 4.04. The molecule has 1 aromatic rings. The van der Waals surface area contributed by atoms with Gasteiger partial charge in [-0.15, -0.1) is 0 Å². The molecule has 0 aromatic carbocycles. The van der Waals surface area contributed by atoms with E-state index in [-0.39, 0.29) is 15.2 Å². The van der Waals surface area contributed by atoms with Crippen molar-refractivity contribution in [3.05, 3.63) is 25.0 Å². The van der Waals surface area contributed by atoms with Crippen LogP contribution in [0.3, 0.4) is 0 Å². The van der Waals surface area contributed by atoms with Crippen LogP contribution in [0.2, 0.25) is 5.02 Å². The zero-order valence-corrected chi connectivity index (χ0v) is 9.99. The largest absolute Gasteiger partial charge is 0.267 e. The lowest BCUT2D eigenvalue weighted by Gasteiger charge is -2.05. The van der Waals surface area contributed by atoms with Crippen LogP contribution in [0.5, 0.6) is 0 Å². The van der Waals surface area contributed by atoms with Gasteiger partial charge in [-0.3, -0.25) is 0 Å². The molecule has 0 fully saturated rings. The fourth-order valence-electron chi connectivity index (χ4n) is 0.645. The molecule has 0 aliphatic heterocycles. The van der Waals surface area contributed by atoms with Gasteiger partial charge in [-0.2, -0.15) is 0 Å². The van der Waals surface area contributed by atoms with Crippen LogP contribution >= 0.6 is 50.1 Å². The van der Waals surface area contributed by atoms with Crippen LogP contribution in [-0.2, 0) is 0 Å². The number of alkyl halides is 2. The highest BCUT2D eigenvalue weighted by Crippen LogP contribution is 2.33. The van der Waals surface area contributed by atoms with Crippen molar-refractivity contribution < 1.29 is 8.78 Å². The third-order valence-electron chi connectivity index (χ3n) is 1.18. The van der Waals surface area contributed by atoms with Crippen LogP contribution in [-0.4, -0.2) is 4.98 Å². The van der Waals surface area contributed by atoms with Crippen molar-refractivity contribution in [1.82, 2.24) is 4.98 Å². The predicted molar refractivity (Wildman–Crippen MR) is 54.6 cm³/mol. The number of rotatable bonds is 1. The van der Waals surface area contributed by atoms with Gasteiger partial charge < -0.3 is 0 Å². The van der Waals surface area contributed by atoms with E-state index in [4.69, 9.17) is 11.6 Å². The summed E-state index contributed by atoms with van der Waals surface area (Å²) < 4.78 is 25.2. The Morgan fingerprint density at radius 1 is 1.58 bits per heavy atom. The normalized spacial score (nSPS) is 10.8. The first kappa shape index (κ1) is 10.6. The zero-order valence-electron chi connectivity index (χ0n) is 5.49. The summed E-state index contributed by atoms with van der Waals surface area (Å²) in [5.41, 5.74) is -0.150. The summed E-state index contributed by atoms with van der Waals surface area (Å²) in [6, 6.07) is 0. The number of pyridine rings is 1. The summed E-state index contributed by atoms with van der Waals surface area (Å²) in [6.45, 7) is 0. The Bertz CT molecular complexity index is 308. The molecule has 0 bridgehead atoms. The first-order chi connectivity index (χ1) is 5.54. The Labute approximate surface area is 94.8 Å². The monoisotopic (exact) mass is 367 g/mol. The highest BCUT2D eigenvalue weighted by molar-refractivity contribution is 14.1. The molecule has 0 saturated heterocycles. The Hall–Kier alpha value is 0.510. The second-order valence-corrected chi connectivity index (χ2v) is 4.16. The van der Waals surface area contributed by atoms with Gasteiger partial charge in [0.1, 0.15) is 4.60 Å². The van der Waals surface area contributed by atoms with Gasteiger partial charge in [-0.05, 0) is 38.5 Å². The average molecular weight is 368 g/mol. The van der Waals surface area contributed by atoms with Crippen molar-refractivity contribution in [3.63, 3.8) is 0 Å². The van der Waals surface area contributed by atoms with E-state index in [0.29, 0.717) is 3.57 Å². The van der Waals surface area contributed by atoms with Crippen LogP contribution < -0.4 is 0 Å². The van der Waals surface area contributed by atoms with Gasteiger partial charge in [-0.25, -0.2) is 13.8 Å². The molecular weight excluding hydrogens is 366 g/mol. The molecule has 12 heavy (non-hydrogen) atoms. The second kappa shape index (κ2) is 4.15. The Balaban J connectivity index is 3.33. The molecule has 0 saturated carbocycles. The lowest BCUT2D eigenvalue weighted by molar-refractivity contribution is 0.149. The molecule has 0 unspecified atom stereocenters. The first-order valence-electron chi connectivity index (χ1n) is 2.81. The summed E-state index contributed by atoms with van der Waals surface area (Å²) in [4.78, 5) is 3.66. The van der Waals surface area contributed by atoms with Crippen molar-refractivity contribution in [2.75, 3.05) is 0 Å². The third-order valence-corrected chi connectivity index (χ3v) is 3.58. The molecule has 1 aromatic heterocycles. The molecule has 0 spiro atoms. The minimum absolute atomic E-state index is 0.145. The molecule has 0 amide bonds. The number of hydrogen-bond acceptors (Lipinski definition) is 1. The van der Waals surface area contributed by atoms with Gasteiger partial charge in [0.15, 0.2) is 0 Å². The molecule has 1 heterocycles. The van der Waals surface area contributed by atoms with Gasteiger partial charge in [0.25, 0.3) is 6.43 Å². The summed E-state index contributed by atoms with van der Waals surface area (Å²) in [6.07, 6.45) is -1.23. The third kappa shape index (κ3) is 2.05. The quantitative estimate of drug-likeness (QED) is 0.539. The van der Waals surface area contributed by atoms with Gasteiger partial charge in [0.05, 0.1) is 10.6 Å². The summed E-state index contributed by atoms with van der Waals surface area (Å²) >= 11 is 10.3. The van der Waals surface area contributed by atoms with Crippen LogP contribution in [0.15, 0.2) is 10.8 Å². The number of aromatic nitrogens is 1. The van der Waals surface area contributed by atoms with E-state index < -0.39 is 6.43 Å². The molecule has 66 valence electrons. The maximum absolute atomic E-state index is 12.3. The maximum atomic E-state index is 12.3. The minimum Gasteiger partial charge on any atom is -0.247 e. The smallest absolute Gasteiger partial charge is 0.247 e. The molecule has 1 nitrogen and oxygen atoms in total. The Morgan fingerprint density at radius 3 is 2.58 bits per heavy atom. The minimum atomic E-state index is -2.56. The molecule has 6 heteroatoms. The molecule has 0 aliphatic rings. The Kier molecular flexibility index (Phi) is 3.66. The van der Waals surface area contributed by atoms with E-state index >= 15 is 0 Å². The van der Waals surface area contributed by atoms with E-state index in [1.807, 2.05) is 0 Å². The standard InChI is InChI=1S/C6H2BrClF2IN/c7-5-3(6(9)10)4(11)2(8)1-12-5/h1,6H. The van der Waals surface area contributed by atoms with Crippen molar-refractivity contribution in [3.8, 4) is 0 Å². The van der Waals surface area contributed by atoms with E-state index in [1.165, 1.54) is 6.20 Å². The average Bonchev–Trinajstić information content (AvgIpc) is 1.97. The Morgan fingerprint density at radius 2 is 2.17 bits per heavy atom. The molecule has 1 rings (SSSR count). The van der Waals surface area contributed by atoms with E-state index in [0.717, 1.165) is 0 Å². The van der Waals surface area contributed by atoms with Crippen molar-refractivity contribution in [1.29, 1.82) is 0 Å². The molecule has 0 atom stereocenters. The molecule has 0 radical (unpaired) electrons. The summed E-state index contributed by atoms with van der Waals surface area (Å²) in [5.74, 6) is 0. The van der Waals surface area contributed by atoms with Gasteiger partial charge in [0, 0.05) is 9.77 Å². The SMILES string of the molecule is FC(F)c1c(Br)ncc(Cl)c1I. The van der Waals surface area contributed by atoms with Crippen LogP contribution in [0.25, 0.3) is 0 Å². The fourth-order valence-corrected chi connectivity index (χ4v) is 2.27. The van der Waals surface area contributed by atoms with Crippen molar-refractivity contribution >= 4 is 50.1 Å². The highest BCUT2D eigenvalue weighted by atomic mass is 127. The van der Waals surface area contributed by atoms with Gasteiger partial charge in [-0.1, -0.05) is 11.6 Å². The first-order valence-corrected chi connectivity index (χ1v) is 5.06. The topological polar surface area (TPSA) is 12.9 Å². The highest BCUT2D eigenvalue weighted by Gasteiger charge is 2.18. The maximum Gasteiger partial charge on any atom is 0.267 e. The second-order valence-electron chi connectivity index (χ2n) is 1.93. The lowest BCUT2D eigenvalue weighted by atomic mass is 10.3. The van der Waals surface area contributed by atoms with E-state index in [2.05, 4.69) is 20.9 Å². The lowest BCUT2D eigenvalue weighted by Crippen LogP contribution is -1.94. The van der Waals surface area contributed by atoms with Crippen molar-refractivity contribution in [2.24, 2.45) is 0 Å². The van der Waals surface area contributed by atoms with E-state index in [9.17, 15) is 8.78 Å². The van der Waals surface area contributed by atoms with Gasteiger partial charge in [0.2, 0.25) is 0 Å². The van der Waals surface area contributed by atoms with Gasteiger partial charge >= 0.3 is 0 Å². The zero-order chi connectivity index (χ0) is 9.30. The molecule has 0 N–H and O–H groups in total. The van der Waals surface area contributed by atoms with E-state index in [1.54, 1.807) is 22.6 Å². The summed E-state index contributed by atoms with van der Waals surface area (Å²) in [5, 5.41) is 0.245. The molecular formula is C6H2BrClF2IN. The summed E-state index contributed by atoms with van der Waals surface area (Å²) in [7, 11) is 0. The van der Waals surface area contributed by atoms with Crippen LogP contribution in [0.1, 0.15) is 12.0 Å². The van der Waals surface area contributed by atoms with Crippen molar-refractivity contribution in [2.45, 2.75) is 6.43 Å². The number of nitrogens with zero attached hydrogens (tertiary/aromatic N) is 1. The van der Waals surface area contributed by atoms with Crippen LogP contribution in [0, 0.1) is 3.57 Å². The molecule has 0 aliphatic carbocycles. The van der Waals surface area contributed by atoms with Crippen LogP contribution in [0.4, 0.5) is 8.78 Å². The number of hydrogen-bond donors (Lipinski definition) is 0. The number of halogens is 5.